The highest BCUT2D eigenvalue weighted by atomic mass is 16.5. The smallest absolute Gasteiger partial charge is 0.0765 e. The van der Waals surface area contributed by atoms with E-state index in [1.165, 1.54) is 0 Å². The Balaban J connectivity index is 2.40. The Morgan fingerprint density at radius 3 is 2.88 bits per heavy atom. The van der Waals surface area contributed by atoms with Gasteiger partial charge in [-0.15, -0.1) is 0 Å². The van der Waals surface area contributed by atoms with E-state index >= 15 is 0 Å². The first-order chi connectivity index (χ1) is 8.05. The van der Waals surface area contributed by atoms with Crippen LogP contribution < -0.4 is 5.32 Å². The molecule has 0 fully saturated rings. The number of methoxy groups -OCH3 is 1. The highest BCUT2D eigenvalue weighted by Crippen LogP contribution is 2.12. The second kappa shape index (κ2) is 6.69. The lowest BCUT2D eigenvalue weighted by Crippen LogP contribution is -2.39. The molecule has 4 heteroatoms. The van der Waals surface area contributed by atoms with Gasteiger partial charge in [0.15, 0.2) is 0 Å². The summed E-state index contributed by atoms with van der Waals surface area (Å²) in [6, 6.07) is 5.96. The second-order valence-corrected chi connectivity index (χ2v) is 4.60. The fraction of sp³-hybridized carbons (Fsp3) is 0.615. The third-order valence-electron chi connectivity index (χ3n) is 2.77. The first-order valence-electron chi connectivity index (χ1n) is 5.91. The van der Waals surface area contributed by atoms with Gasteiger partial charge in [-0.05, 0) is 26.0 Å². The second-order valence-electron chi connectivity index (χ2n) is 4.60. The van der Waals surface area contributed by atoms with Crippen LogP contribution in [0.15, 0.2) is 24.4 Å². The number of aromatic nitrogens is 1. The number of aliphatic hydroxyl groups is 1. The van der Waals surface area contributed by atoms with Gasteiger partial charge in [0.05, 0.1) is 11.3 Å². The van der Waals surface area contributed by atoms with Crippen LogP contribution in [0.1, 0.15) is 32.0 Å². The Kier molecular flexibility index (Phi) is 5.55. The van der Waals surface area contributed by atoms with E-state index in [-0.39, 0.29) is 6.04 Å². The summed E-state index contributed by atoms with van der Waals surface area (Å²) in [5.41, 5.74) is 0.231. The summed E-state index contributed by atoms with van der Waals surface area (Å²) in [6.07, 6.45) is 2.39. The minimum absolute atomic E-state index is 0.130. The van der Waals surface area contributed by atoms with Crippen LogP contribution in [-0.2, 0) is 4.74 Å². The molecule has 0 aliphatic rings. The molecule has 96 valence electrons. The Morgan fingerprint density at radius 2 is 2.29 bits per heavy atom. The van der Waals surface area contributed by atoms with Gasteiger partial charge in [0.25, 0.3) is 0 Å². The molecule has 0 aromatic carbocycles. The molecule has 4 nitrogen and oxygen atoms in total. The van der Waals surface area contributed by atoms with Crippen LogP contribution in [0.2, 0.25) is 0 Å². The molecular formula is C13H22N2O2. The molecule has 0 aliphatic carbocycles. The maximum Gasteiger partial charge on any atom is 0.0765 e. The topological polar surface area (TPSA) is 54.4 Å². The molecule has 0 aliphatic heterocycles. The molecule has 2 N–H and O–H groups in total. The number of ether oxygens (including phenoxy) is 1. The molecule has 0 saturated carbocycles. The summed E-state index contributed by atoms with van der Waals surface area (Å²) in [5, 5.41) is 13.4. The Bertz CT molecular complexity index is 314. The van der Waals surface area contributed by atoms with Crippen LogP contribution in [-0.4, -0.2) is 36.0 Å². The van der Waals surface area contributed by atoms with Crippen LogP contribution >= 0.6 is 0 Å². The predicted octanol–water partition coefficient (Wildman–Crippen LogP) is 1.52. The quantitative estimate of drug-likeness (QED) is 0.756. The summed E-state index contributed by atoms with van der Waals surface area (Å²) in [5.74, 6) is 0. The van der Waals surface area contributed by atoms with Crippen molar-refractivity contribution in [3.8, 4) is 0 Å². The molecule has 2 unspecified atom stereocenters. The third-order valence-corrected chi connectivity index (χ3v) is 2.77. The first-order valence-corrected chi connectivity index (χ1v) is 5.91. The van der Waals surface area contributed by atoms with Crippen molar-refractivity contribution in [2.24, 2.45) is 0 Å². The number of hydrogen-bond donors (Lipinski definition) is 2. The van der Waals surface area contributed by atoms with Crippen LogP contribution in [0.3, 0.4) is 0 Å². The predicted molar refractivity (Wildman–Crippen MR) is 67.8 cm³/mol. The van der Waals surface area contributed by atoms with E-state index in [1.807, 2.05) is 32.0 Å². The molecule has 1 aromatic heterocycles. The van der Waals surface area contributed by atoms with Crippen molar-refractivity contribution in [3.05, 3.63) is 30.1 Å². The molecular weight excluding hydrogens is 216 g/mol. The first kappa shape index (κ1) is 14.1. The summed E-state index contributed by atoms with van der Waals surface area (Å²) in [4.78, 5) is 4.27. The normalized spacial score (nSPS) is 16.5. The van der Waals surface area contributed by atoms with Crippen molar-refractivity contribution in [2.75, 3.05) is 20.3 Å². The fourth-order valence-corrected chi connectivity index (χ4v) is 1.52. The number of nitrogens with zero attached hydrogens (tertiary/aromatic N) is 1. The van der Waals surface area contributed by atoms with Crippen molar-refractivity contribution in [1.82, 2.24) is 10.3 Å². The average molecular weight is 238 g/mol. The van der Waals surface area contributed by atoms with Gasteiger partial charge < -0.3 is 15.2 Å². The minimum atomic E-state index is -0.751. The molecule has 17 heavy (non-hydrogen) atoms. The number of hydrogen-bond acceptors (Lipinski definition) is 4. The van der Waals surface area contributed by atoms with Gasteiger partial charge in [-0.1, -0.05) is 6.07 Å². The Labute approximate surface area is 103 Å². The van der Waals surface area contributed by atoms with Crippen LogP contribution in [0.5, 0.6) is 0 Å². The molecule has 0 radical (unpaired) electrons. The molecule has 0 amide bonds. The molecule has 2 atom stereocenters. The van der Waals surface area contributed by atoms with Crippen LogP contribution in [0.25, 0.3) is 0 Å². The van der Waals surface area contributed by atoms with Gasteiger partial charge in [0.1, 0.15) is 0 Å². The van der Waals surface area contributed by atoms with Crippen molar-refractivity contribution in [1.29, 1.82) is 0 Å². The zero-order valence-electron chi connectivity index (χ0n) is 10.8. The van der Waals surface area contributed by atoms with E-state index in [9.17, 15) is 5.11 Å². The molecule has 0 bridgehead atoms. The van der Waals surface area contributed by atoms with E-state index in [0.717, 1.165) is 5.69 Å². The molecule has 0 saturated heterocycles. The highest BCUT2D eigenvalue weighted by molar-refractivity contribution is 5.07. The summed E-state index contributed by atoms with van der Waals surface area (Å²) >= 11 is 0. The maximum atomic E-state index is 10.1. The van der Waals surface area contributed by atoms with E-state index in [4.69, 9.17) is 4.74 Å². The van der Waals surface area contributed by atoms with Gasteiger partial charge in [-0.25, -0.2) is 0 Å². The van der Waals surface area contributed by atoms with Gasteiger partial charge in [-0.2, -0.15) is 0 Å². The lowest BCUT2D eigenvalue weighted by molar-refractivity contribution is 0.0230. The van der Waals surface area contributed by atoms with E-state index in [0.29, 0.717) is 19.6 Å². The van der Waals surface area contributed by atoms with E-state index in [1.54, 1.807) is 13.3 Å². The molecule has 1 aromatic rings. The number of pyridine rings is 1. The molecule has 0 spiro atoms. The Morgan fingerprint density at radius 1 is 1.53 bits per heavy atom. The van der Waals surface area contributed by atoms with Crippen molar-refractivity contribution >= 4 is 0 Å². The van der Waals surface area contributed by atoms with Gasteiger partial charge in [0, 0.05) is 38.9 Å². The minimum Gasteiger partial charge on any atom is -0.389 e. The monoisotopic (exact) mass is 238 g/mol. The van der Waals surface area contributed by atoms with Gasteiger partial charge >= 0.3 is 0 Å². The van der Waals surface area contributed by atoms with E-state index in [2.05, 4.69) is 10.3 Å². The average Bonchev–Trinajstić information content (AvgIpc) is 2.35. The fourth-order valence-electron chi connectivity index (χ4n) is 1.52. The standard InChI is InChI=1S/C13H22N2O2/c1-11(12-6-4-5-8-14-12)15-10-13(2,16)7-9-17-3/h4-6,8,11,15-16H,7,9-10H2,1-3H3. The zero-order chi connectivity index (χ0) is 12.7. The van der Waals surface area contributed by atoms with Crippen molar-refractivity contribution in [2.45, 2.75) is 31.9 Å². The lowest BCUT2D eigenvalue weighted by atomic mass is 10.0. The number of rotatable bonds is 7. The summed E-state index contributed by atoms with van der Waals surface area (Å²) in [7, 11) is 1.64. The van der Waals surface area contributed by atoms with Crippen LogP contribution in [0, 0.1) is 0 Å². The third kappa shape index (κ3) is 5.26. The highest BCUT2D eigenvalue weighted by Gasteiger charge is 2.20. The lowest BCUT2D eigenvalue weighted by Gasteiger charge is -2.25. The molecule has 1 heterocycles. The maximum absolute atomic E-state index is 10.1. The van der Waals surface area contributed by atoms with Gasteiger partial charge in [-0.3, -0.25) is 4.98 Å². The number of nitrogens with one attached hydrogen (secondary N) is 1. The summed E-state index contributed by atoms with van der Waals surface area (Å²) in [6.45, 7) is 4.93. The van der Waals surface area contributed by atoms with Gasteiger partial charge in [0.2, 0.25) is 0 Å². The van der Waals surface area contributed by atoms with E-state index < -0.39 is 5.60 Å². The largest absolute Gasteiger partial charge is 0.389 e. The SMILES string of the molecule is COCCC(C)(O)CNC(C)c1ccccn1. The van der Waals surface area contributed by atoms with Crippen LogP contribution in [0.4, 0.5) is 0 Å². The summed E-state index contributed by atoms with van der Waals surface area (Å²) < 4.78 is 4.97. The Hall–Kier alpha value is -0.970. The van der Waals surface area contributed by atoms with Crippen molar-refractivity contribution in [3.63, 3.8) is 0 Å². The zero-order valence-corrected chi connectivity index (χ0v) is 10.8. The molecule has 1 rings (SSSR count). The van der Waals surface area contributed by atoms with Crippen molar-refractivity contribution < 1.29 is 9.84 Å².